The molecule has 0 bridgehead atoms. The van der Waals surface area contributed by atoms with Crippen molar-refractivity contribution in [2.24, 2.45) is 0 Å². The van der Waals surface area contributed by atoms with Gasteiger partial charge in [-0.1, -0.05) is 30.1 Å². The van der Waals surface area contributed by atoms with Crippen LogP contribution in [0.3, 0.4) is 0 Å². The van der Waals surface area contributed by atoms with Crippen molar-refractivity contribution < 1.29 is 0 Å². The molecule has 0 nitrogen and oxygen atoms in total. The molecular weight excluding hydrogens is 108 g/mol. The fourth-order valence-electron chi connectivity index (χ4n) is 0.393. The van der Waals surface area contributed by atoms with Gasteiger partial charge >= 0.3 is 0 Å². The summed E-state index contributed by atoms with van der Waals surface area (Å²) in [5.74, 6) is 5.93. The van der Waals surface area contributed by atoms with Crippen molar-refractivity contribution in [3.63, 3.8) is 0 Å². The molecular formula is C9H12. The van der Waals surface area contributed by atoms with Crippen LogP contribution in [-0.2, 0) is 0 Å². The second kappa shape index (κ2) is 7.04. The highest BCUT2D eigenvalue weighted by atomic mass is 13.7. The molecule has 48 valence electrons. The molecule has 0 saturated heterocycles. The summed E-state index contributed by atoms with van der Waals surface area (Å²) >= 11 is 0. The molecule has 0 aliphatic heterocycles. The van der Waals surface area contributed by atoms with Crippen molar-refractivity contribution >= 4 is 0 Å². The Hall–Kier alpha value is -0.960. The fraction of sp³-hybridized carbons (Fsp3) is 0.333. The first kappa shape index (κ1) is 8.04. The van der Waals surface area contributed by atoms with E-state index >= 15 is 0 Å². The first-order valence-corrected chi connectivity index (χ1v) is 3.09. The fourth-order valence-corrected chi connectivity index (χ4v) is 0.393. The van der Waals surface area contributed by atoms with Gasteiger partial charge in [-0.3, -0.25) is 0 Å². The van der Waals surface area contributed by atoms with E-state index in [-0.39, 0.29) is 0 Å². The summed E-state index contributed by atoms with van der Waals surface area (Å²) < 4.78 is 0. The Kier molecular flexibility index (Phi) is 6.29. The van der Waals surface area contributed by atoms with Gasteiger partial charge < -0.3 is 0 Å². The molecule has 0 aliphatic rings. The van der Waals surface area contributed by atoms with E-state index in [1.807, 2.05) is 25.2 Å². The van der Waals surface area contributed by atoms with Crippen LogP contribution in [0, 0.1) is 11.8 Å². The van der Waals surface area contributed by atoms with E-state index < -0.39 is 0 Å². The standard InChI is InChI=1S/C9H12/c1-3-5-7-9-8-6-4-2/h3-4,6H,1,5,8H2,2H3. The largest absolute Gasteiger partial charge is 0.102 e. The third-order valence-electron chi connectivity index (χ3n) is 0.827. The van der Waals surface area contributed by atoms with E-state index in [2.05, 4.69) is 18.4 Å². The number of rotatable bonds is 2. The van der Waals surface area contributed by atoms with Gasteiger partial charge in [-0.05, 0) is 6.92 Å². The SMILES string of the molecule is C=CCC#CCC=CC. The smallest absolute Gasteiger partial charge is 0.0269 e. The third-order valence-corrected chi connectivity index (χ3v) is 0.827. The summed E-state index contributed by atoms with van der Waals surface area (Å²) in [6.07, 6.45) is 7.52. The van der Waals surface area contributed by atoms with Gasteiger partial charge in [0.05, 0.1) is 0 Å². The first-order valence-electron chi connectivity index (χ1n) is 3.09. The highest BCUT2D eigenvalue weighted by Crippen LogP contribution is 1.80. The second-order valence-electron chi connectivity index (χ2n) is 1.62. The Morgan fingerprint density at radius 3 is 2.56 bits per heavy atom. The number of hydrogen-bond acceptors (Lipinski definition) is 0. The topological polar surface area (TPSA) is 0 Å². The van der Waals surface area contributed by atoms with E-state index in [0.717, 1.165) is 12.8 Å². The predicted octanol–water partition coefficient (Wildman–Crippen LogP) is 2.53. The lowest BCUT2D eigenvalue weighted by molar-refractivity contribution is 1.41. The summed E-state index contributed by atoms with van der Waals surface area (Å²) in [6.45, 7) is 5.55. The van der Waals surface area contributed by atoms with Gasteiger partial charge in [0, 0.05) is 12.8 Å². The normalized spacial score (nSPS) is 8.56. The van der Waals surface area contributed by atoms with Crippen LogP contribution in [0.25, 0.3) is 0 Å². The number of hydrogen-bond donors (Lipinski definition) is 0. The highest BCUT2D eigenvalue weighted by molar-refractivity contribution is 5.06. The Bertz CT molecular complexity index is 141. The average molecular weight is 120 g/mol. The minimum absolute atomic E-state index is 0.803. The maximum Gasteiger partial charge on any atom is 0.0269 e. The van der Waals surface area contributed by atoms with Gasteiger partial charge in [0.2, 0.25) is 0 Å². The Morgan fingerprint density at radius 2 is 2.00 bits per heavy atom. The molecule has 0 aliphatic carbocycles. The highest BCUT2D eigenvalue weighted by Gasteiger charge is 1.64. The summed E-state index contributed by atoms with van der Waals surface area (Å²) in [4.78, 5) is 0. The van der Waals surface area contributed by atoms with Crippen LogP contribution in [0.15, 0.2) is 24.8 Å². The van der Waals surface area contributed by atoms with E-state index in [1.54, 1.807) is 0 Å². The van der Waals surface area contributed by atoms with Gasteiger partial charge in [0.15, 0.2) is 0 Å². The van der Waals surface area contributed by atoms with Crippen molar-refractivity contribution in [1.29, 1.82) is 0 Å². The minimum atomic E-state index is 0.803. The minimum Gasteiger partial charge on any atom is -0.102 e. The van der Waals surface area contributed by atoms with Crippen molar-refractivity contribution in [2.45, 2.75) is 19.8 Å². The lowest BCUT2D eigenvalue weighted by Crippen LogP contribution is -1.58. The number of allylic oxidation sites excluding steroid dienone is 3. The van der Waals surface area contributed by atoms with Crippen molar-refractivity contribution in [3.05, 3.63) is 24.8 Å². The Labute approximate surface area is 57.3 Å². The zero-order chi connectivity index (χ0) is 6.95. The molecule has 0 rings (SSSR count). The van der Waals surface area contributed by atoms with Crippen LogP contribution >= 0.6 is 0 Å². The van der Waals surface area contributed by atoms with Crippen LogP contribution in [-0.4, -0.2) is 0 Å². The van der Waals surface area contributed by atoms with Crippen LogP contribution in [0.1, 0.15) is 19.8 Å². The molecule has 0 aromatic heterocycles. The molecule has 0 heteroatoms. The van der Waals surface area contributed by atoms with Gasteiger partial charge in [-0.2, -0.15) is 0 Å². The lowest BCUT2D eigenvalue weighted by Gasteiger charge is -1.73. The maximum atomic E-state index is 3.56. The summed E-state index contributed by atoms with van der Waals surface area (Å²) in [5.41, 5.74) is 0. The summed E-state index contributed by atoms with van der Waals surface area (Å²) in [6, 6.07) is 0. The van der Waals surface area contributed by atoms with Crippen molar-refractivity contribution in [3.8, 4) is 11.8 Å². The van der Waals surface area contributed by atoms with Gasteiger partial charge in [0.1, 0.15) is 0 Å². The molecule has 0 saturated carbocycles. The molecule has 0 aromatic carbocycles. The molecule has 0 fully saturated rings. The zero-order valence-corrected chi connectivity index (χ0v) is 5.85. The molecule has 0 radical (unpaired) electrons. The maximum absolute atomic E-state index is 3.56. The molecule has 0 amide bonds. The molecule has 0 N–H and O–H groups in total. The van der Waals surface area contributed by atoms with Crippen LogP contribution in [0.4, 0.5) is 0 Å². The Balaban J connectivity index is 3.26. The molecule has 9 heavy (non-hydrogen) atoms. The summed E-state index contributed by atoms with van der Waals surface area (Å²) in [5, 5.41) is 0. The molecule has 0 aromatic rings. The first-order chi connectivity index (χ1) is 4.41. The van der Waals surface area contributed by atoms with Crippen molar-refractivity contribution in [2.75, 3.05) is 0 Å². The van der Waals surface area contributed by atoms with Crippen LogP contribution in [0.5, 0.6) is 0 Å². The monoisotopic (exact) mass is 120 g/mol. The summed E-state index contributed by atoms with van der Waals surface area (Å²) in [7, 11) is 0. The van der Waals surface area contributed by atoms with Gasteiger partial charge in [0.25, 0.3) is 0 Å². The van der Waals surface area contributed by atoms with Gasteiger partial charge in [-0.15, -0.1) is 6.58 Å². The van der Waals surface area contributed by atoms with Crippen LogP contribution < -0.4 is 0 Å². The lowest BCUT2D eigenvalue weighted by atomic mass is 10.3. The zero-order valence-electron chi connectivity index (χ0n) is 5.85. The molecule has 0 atom stereocenters. The van der Waals surface area contributed by atoms with Crippen LogP contribution in [0.2, 0.25) is 0 Å². The quantitative estimate of drug-likeness (QED) is 0.388. The molecule has 0 spiro atoms. The second-order valence-corrected chi connectivity index (χ2v) is 1.62. The van der Waals surface area contributed by atoms with Crippen molar-refractivity contribution in [1.82, 2.24) is 0 Å². The van der Waals surface area contributed by atoms with E-state index in [4.69, 9.17) is 0 Å². The predicted molar refractivity (Wildman–Crippen MR) is 42.0 cm³/mol. The third kappa shape index (κ3) is 7.04. The Morgan fingerprint density at radius 1 is 1.33 bits per heavy atom. The van der Waals surface area contributed by atoms with E-state index in [9.17, 15) is 0 Å². The molecule has 0 unspecified atom stereocenters. The van der Waals surface area contributed by atoms with E-state index in [0.29, 0.717) is 0 Å². The van der Waals surface area contributed by atoms with Gasteiger partial charge in [-0.25, -0.2) is 0 Å². The average Bonchev–Trinajstić information content (AvgIpc) is 1.89. The molecule has 0 heterocycles. The van der Waals surface area contributed by atoms with E-state index in [1.165, 1.54) is 0 Å².